The van der Waals surface area contributed by atoms with E-state index in [0.29, 0.717) is 10.8 Å². The number of amides is 4. The second kappa shape index (κ2) is 9.69. The third-order valence-corrected chi connectivity index (χ3v) is 3.70. The highest BCUT2D eigenvalue weighted by Gasteiger charge is 2.18. The molecule has 0 unspecified atom stereocenters. The summed E-state index contributed by atoms with van der Waals surface area (Å²) in [4.78, 5) is 49.2. The van der Waals surface area contributed by atoms with Gasteiger partial charge in [0.05, 0.1) is 0 Å². The number of carbonyl (C=O) groups is 4. The van der Waals surface area contributed by atoms with Crippen molar-refractivity contribution in [1.82, 2.24) is 15.6 Å². The Bertz CT molecular complexity index is 1020. The molecule has 1 atom stereocenters. The van der Waals surface area contributed by atoms with Crippen molar-refractivity contribution in [2.45, 2.75) is 39.3 Å². The van der Waals surface area contributed by atoms with Crippen LogP contribution in [0, 0.1) is 0 Å². The molecule has 12 heteroatoms. The summed E-state index contributed by atoms with van der Waals surface area (Å²) in [5.74, 6) is -1.45. The monoisotopic (exact) mass is 432 g/mol. The first kappa shape index (κ1) is 23.3. The van der Waals surface area contributed by atoms with Gasteiger partial charge in [0.25, 0.3) is 5.91 Å². The van der Waals surface area contributed by atoms with Crippen LogP contribution in [0.3, 0.4) is 0 Å². The highest BCUT2D eigenvalue weighted by molar-refractivity contribution is 6.05. The molecule has 0 aliphatic carbocycles. The smallest absolute Gasteiger partial charge is 0.408 e. The number of nitrogens with one attached hydrogen (secondary N) is 4. The van der Waals surface area contributed by atoms with Gasteiger partial charge in [-0.15, -0.1) is 10.2 Å². The summed E-state index contributed by atoms with van der Waals surface area (Å²) >= 11 is 0. The standard InChI is InChI=1S/C19H24N6O6/c1-10(16(27)28)21-17(29)23-14-11-7-5-6-8-12(11)15(22-14)25-24-13(26)9-20-18(30)31-19(2,3)4/h5-8,10,22H,9H2,1-4H3,(H,20,30)(H,27,28)(H2,21,23,29)/t10-/m0/s1. The molecule has 31 heavy (non-hydrogen) atoms. The van der Waals surface area contributed by atoms with Crippen LogP contribution in [0.1, 0.15) is 27.7 Å². The van der Waals surface area contributed by atoms with Crippen LogP contribution >= 0.6 is 0 Å². The maximum Gasteiger partial charge on any atom is 0.408 e. The lowest BCUT2D eigenvalue weighted by molar-refractivity contribution is -0.138. The average Bonchev–Trinajstić information content (AvgIpc) is 3.01. The van der Waals surface area contributed by atoms with Crippen molar-refractivity contribution in [3.63, 3.8) is 0 Å². The van der Waals surface area contributed by atoms with E-state index in [1.54, 1.807) is 45.0 Å². The highest BCUT2D eigenvalue weighted by Crippen LogP contribution is 2.32. The number of carboxylic acids is 1. The number of hydrogen-bond donors (Lipinski definition) is 5. The van der Waals surface area contributed by atoms with Gasteiger partial charge in [-0.1, -0.05) is 24.3 Å². The van der Waals surface area contributed by atoms with Crippen LogP contribution < -0.4 is 16.0 Å². The number of fused-ring (bicyclic) bond motifs is 1. The Morgan fingerprint density at radius 1 is 1.16 bits per heavy atom. The minimum absolute atomic E-state index is 0.197. The number of ether oxygens (including phenoxy) is 1. The third-order valence-electron chi connectivity index (χ3n) is 3.70. The van der Waals surface area contributed by atoms with E-state index in [-0.39, 0.29) is 11.6 Å². The number of urea groups is 1. The van der Waals surface area contributed by atoms with Crippen molar-refractivity contribution in [1.29, 1.82) is 0 Å². The number of H-pyrrole nitrogens is 1. The molecule has 0 fully saturated rings. The quantitative estimate of drug-likeness (QED) is 0.439. The fourth-order valence-electron chi connectivity index (χ4n) is 2.35. The molecule has 0 aliphatic heterocycles. The number of aliphatic carboxylic acids is 1. The molecule has 4 amide bonds. The summed E-state index contributed by atoms with van der Waals surface area (Å²) in [6, 6.07) is 5.05. The summed E-state index contributed by atoms with van der Waals surface area (Å²) < 4.78 is 5.03. The van der Waals surface area contributed by atoms with E-state index in [2.05, 4.69) is 31.2 Å². The van der Waals surface area contributed by atoms with Crippen LogP contribution in [-0.4, -0.2) is 52.3 Å². The number of anilines is 1. The second-order valence-electron chi connectivity index (χ2n) is 7.50. The van der Waals surface area contributed by atoms with E-state index in [0.717, 1.165) is 0 Å². The number of hydrogen-bond acceptors (Lipinski definition) is 6. The van der Waals surface area contributed by atoms with Crippen LogP contribution in [-0.2, 0) is 14.3 Å². The van der Waals surface area contributed by atoms with Gasteiger partial charge in [-0.3, -0.25) is 14.9 Å². The molecular weight excluding hydrogens is 408 g/mol. The maximum absolute atomic E-state index is 12.0. The SMILES string of the molecule is C[C@H](NC(=O)Nc1[nH]c(N=NC(=O)CNC(=O)OC(C)(C)C)c2ccccc12)C(=O)O. The molecule has 2 rings (SSSR count). The summed E-state index contributed by atoms with van der Waals surface area (Å²) in [6.07, 6.45) is -0.755. The largest absolute Gasteiger partial charge is 0.480 e. The zero-order valence-corrected chi connectivity index (χ0v) is 17.5. The fraction of sp³-hybridized carbons (Fsp3) is 0.368. The fourth-order valence-corrected chi connectivity index (χ4v) is 2.35. The number of nitrogens with zero attached hydrogens (tertiary/aromatic N) is 2. The lowest BCUT2D eigenvalue weighted by Gasteiger charge is -2.19. The van der Waals surface area contributed by atoms with Crippen LogP contribution in [0.4, 0.5) is 21.2 Å². The lowest BCUT2D eigenvalue weighted by atomic mass is 10.2. The summed E-state index contributed by atoms with van der Waals surface area (Å²) in [6.45, 7) is 6.00. The van der Waals surface area contributed by atoms with Gasteiger partial charge in [-0.05, 0) is 27.7 Å². The molecule has 12 nitrogen and oxygen atoms in total. The van der Waals surface area contributed by atoms with Crippen molar-refractivity contribution in [3.8, 4) is 0 Å². The van der Waals surface area contributed by atoms with Gasteiger partial charge in [0.1, 0.15) is 24.0 Å². The number of aromatic nitrogens is 1. The Balaban J connectivity index is 2.09. The molecule has 0 radical (unpaired) electrons. The van der Waals surface area contributed by atoms with Gasteiger partial charge in [-0.2, -0.15) is 0 Å². The van der Waals surface area contributed by atoms with E-state index in [9.17, 15) is 19.2 Å². The van der Waals surface area contributed by atoms with E-state index in [1.807, 2.05) is 0 Å². The number of azo groups is 1. The molecular formula is C19H24N6O6. The topological polar surface area (TPSA) is 174 Å². The number of alkyl carbamates (subject to hydrolysis) is 1. The van der Waals surface area contributed by atoms with Crippen LogP contribution in [0.25, 0.3) is 10.8 Å². The molecule has 1 aromatic carbocycles. The Labute approximate surface area is 177 Å². The van der Waals surface area contributed by atoms with E-state index in [1.165, 1.54) is 6.92 Å². The predicted molar refractivity (Wildman–Crippen MR) is 111 cm³/mol. The zero-order chi connectivity index (χ0) is 23.2. The first-order valence-corrected chi connectivity index (χ1v) is 9.28. The summed E-state index contributed by atoms with van der Waals surface area (Å²) in [5, 5.41) is 24.5. The normalized spacial score (nSPS) is 12.4. The van der Waals surface area contributed by atoms with E-state index in [4.69, 9.17) is 9.84 Å². The molecule has 0 saturated carbocycles. The average molecular weight is 432 g/mol. The Hall–Kier alpha value is -3.96. The minimum atomic E-state index is -1.18. The number of carbonyl (C=O) groups excluding carboxylic acids is 3. The van der Waals surface area contributed by atoms with Crippen molar-refractivity contribution in [3.05, 3.63) is 24.3 Å². The Morgan fingerprint density at radius 3 is 2.42 bits per heavy atom. The summed E-state index contributed by atoms with van der Waals surface area (Å²) in [5.41, 5.74) is -0.699. The first-order chi connectivity index (χ1) is 14.5. The van der Waals surface area contributed by atoms with Crippen LogP contribution in [0.5, 0.6) is 0 Å². The van der Waals surface area contributed by atoms with Gasteiger partial charge >= 0.3 is 18.1 Å². The molecule has 0 spiro atoms. The zero-order valence-electron chi connectivity index (χ0n) is 17.5. The van der Waals surface area contributed by atoms with Crippen LogP contribution in [0.2, 0.25) is 0 Å². The molecule has 1 aromatic heterocycles. The molecule has 0 bridgehead atoms. The van der Waals surface area contributed by atoms with Crippen molar-refractivity contribution < 1.29 is 29.0 Å². The van der Waals surface area contributed by atoms with Gasteiger partial charge in [0.15, 0.2) is 5.82 Å². The van der Waals surface area contributed by atoms with Gasteiger partial charge < -0.3 is 25.5 Å². The van der Waals surface area contributed by atoms with Crippen LogP contribution in [0.15, 0.2) is 34.5 Å². The predicted octanol–water partition coefficient (Wildman–Crippen LogP) is 2.90. The van der Waals surface area contributed by atoms with Gasteiger partial charge in [0, 0.05) is 10.8 Å². The number of rotatable bonds is 6. The van der Waals surface area contributed by atoms with Crippen molar-refractivity contribution in [2.75, 3.05) is 11.9 Å². The Kier molecular flexibility index (Phi) is 7.29. The van der Waals surface area contributed by atoms with E-state index >= 15 is 0 Å². The first-order valence-electron chi connectivity index (χ1n) is 9.28. The third kappa shape index (κ3) is 7.10. The molecule has 2 aromatic rings. The lowest BCUT2D eigenvalue weighted by Crippen LogP contribution is -2.40. The second-order valence-corrected chi connectivity index (χ2v) is 7.50. The molecule has 1 heterocycles. The number of aromatic amines is 1. The molecule has 0 saturated heterocycles. The molecule has 166 valence electrons. The minimum Gasteiger partial charge on any atom is -0.480 e. The van der Waals surface area contributed by atoms with E-state index < -0.39 is 42.2 Å². The van der Waals surface area contributed by atoms with Crippen molar-refractivity contribution in [2.24, 2.45) is 10.2 Å². The molecule has 5 N–H and O–H groups in total. The van der Waals surface area contributed by atoms with Crippen molar-refractivity contribution >= 4 is 46.4 Å². The summed E-state index contributed by atoms with van der Waals surface area (Å²) in [7, 11) is 0. The van der Waals surface area contributed by atoms with Gasteiger partial charge in [-0.25, -0.2) is 9.59 Å². The molecule has 0 aliphatic rings. The maximum atomic E-state index is 12.0. The van der Waals surface area contributed by atoms with Gasteiger partial charge in [0.2, 0.25) is 0 Å². The number of carboxylic acid groups (broad SMARTS) is 1. The number of benzene rings is 1. The Morgan fingerprint density at radius 2 is 1.81 bits per heavy atom. The highest BCUT2D eigenvalue weighted by atomic mass is 16.6.